The number of para-hydroxylation sites is 4. The lowest BCUT2D eigenvalue weighted by Gasteiger charge is -2.27. The summed E-state index contributed by atoms with van der Waals surface area (Å²) in [5.41, 5.74) is 15.7. The van der Waals surface area contributed by atoms with E-state index in [0.29, 0.717) is 0 Å². The van der Waals surface area contributed by atoms with Gasteiger partial charge < -0.3 is 13.7 Å². The van der Waals surface area contributed by atoms with E-state index >= 15 is 0 Å². The summed E-state index contributed by atoms with van der Waals surface area (Å²) in [7, 11) is 0. The molecule has 0 aliphatic carbocycles. The van der Waals surface area contributed by atoms with Crippen LogP contribution in [0.1, 0.15) is 0 Å². The van der Waals surface area contributed by atoms with Gasteiger partial charge in [-0.05, 0) is 105 Å². The molecule has 0 amide bonds. The van der Waals surface area contributed by atoms with Crippen molar-refractivity contribution in [1.82, 2.24) is 0 Å². The summed E-state index contributed by atoms with van der Waals surface area (Å²) in [4.78, 5) is 2.37. The van der Waals surface area contributed by atoms with Crippen LogP contribution in [0, 0.1) is 0 Å². The van der Waals surface area contributed by atoms with E-state index in [4.69, 9.17) is 8.83 Å². The van der Waals surface area contributed by atoms with Gasteiger partial charge in [-0.2, -0.15) is 0 Å². The van der Waals surface area contributed by atoms with Gasteiger partial charge in [0.25, 0.3) is 0 Å². The molecule has 3 nitrogen and oxygen atoms in total. The minimum Gasteiger partial charge on any atom is -0.455 e. The summed E-state index contributed by atoms with van der Waals surface area (Å²) in [6, 6.07) is 80.1. The van der Waals surface area contributed by atoms with Crippen molar-refractivity contribution in [3.8, 4) is 44.5 Å². The number of nitrogens with zero attached hydrogens (tertiary/aromatic N) is 1. The molecule has 10 aromatic carbocycles. The Morgan fingerprint density at radius 3 is 1.33 bits per heavy atom. The molecule has 0 atom stereocenters. The summed E-state index contributed by atoms with van der Waals surface area (Å²) in [5, 5.41) is 6.94. The Hall–Kier alpha value is -8.14. The summed E-state index contributed by atoms with van der Waals surface area (Å²) in [6.45, 7) is 0. The predicted molar refractivity (Wildman–Crippen MR) is 255 cm³/mol. The molecule has 0 saturated heterocycles. The summed E-state index contributed by atoms with van der Waals surface area (Å²) >= 11 is 0. The molecule has 0 bridgehead atoms. The highest BCUT2D eigenvalue weighted by Crippen LogP contribution is 2.43. The molecular formula is C58H37NO2. The quantitative estimate of drug-likeness (QED) is 0.161. The molecular weight excluding hydrogens is 743 g/mol. The second-order valence-corrected chi connectivity index (χ2v) is 15.7. The van der Waals surface area contributed by atoms with E-state index in [0.717, 1.165) is 99.9 Å². The Labute approximate surface area is 353 Å². The van der Waals surface area contributed by atoms with E-state index in [2.05, 4.69) is 205 Å². The van der Waals surface area contributed by atoms with Gasteiger partial charge in [0.1, 0.15) is 22.3 Å². The van der Waals surface area contributed by atoms with Gasteiger partial charge in [-0.15, -0.1) is 0 Å². The SMILES string of the molecule is c1ccc(-c2cc(-c3ccc4ccccc4c3)cc(N(c3ccc(-c4cccc5c4oc4ccccc45)cc3)c3ccc(-c4cccc5c4oc4ccccc45)cc3)c2)cc1. The number of furan rings is 2. The molecule has 0 aliphatic heterocycles. The van der Waals surface area contributed by atoms with Crippen LogP contribution in [0.15, 0.2) is 233 Å². The zero-order chi connectivity index (χ0) is 40.3. The Bertz CT molecular complexity index is 3420. The van der Waals surface area contributed by atoms with Crippen LogP contribution in [0.5, 0.6) is 0 Å². The standard InChI is InChI=1S/C58H37NO2/c1-2-12-38(13-3-1)44-35-45(43-25-24-39-14-4-5-15-42(39)34-43)37-48(36-44)59(46-30-26-40(27-31-46)49-18-10-20-53-51-16-6-8-22-55(51)60-57(49)53)47-32-28-41(29-33-47)50-19-11-21-54-52-17-7-9-23-56(52)61-58(50)54/h1-37H. The second-order valence-electron chi connectivity index (χ2n) is 15.7. The molecule has 2 heterocycles. The third-order valence-corrected chi connectivity index (χ3v) is 12.0. The maximum Gasteiger partial charge on any atom is 0.143 e. The Morgan fingerprint density at radius 2 is 0.738 bits per heavy atom. The maximum atomic E-state index is 6.47. The second kappa shape index (κ2) is 14.3. The van der Waals surface area contributed by atoms with Gasteiger partial charge in [0.15, 0.2) is 0 Å². The van der Waals surface area contributed by atoms with Crippen molar-refractivity contribution in [2.45, 2.75) is 0 Å². The van der Waals surface area contributed by atoms with Gasteiger partial charge >= 0.3 is 0 Å². The van der Waals surface area contributed by atoms with Crippen molar-refractivity contribution in [2.75, 3.05) is 4.90 Å². The minimum absolute atomic E-state index is 0.897. The molecule has 0 N–H and O–H groups in total. The Balaban J connectivity index is 1.02. The zero-order valence-corrected chi connectivity index (χ0v) is 33.1. The van der Waals surface area contributed by atoms with E-state index in [-0.39, 0.29) is 0 Å². The number of rotatable bonds is 7. The van der Waals surface area contributed by atoms with Gasteiger partial charge in [-0.25, -0.2) is 0 Å². The van der Waals surface area contributed by atoms with Crippen molar-refractivity contribution in [3.63, 3.8) is 0 Å². The average molecular weight is 780 g/mol. The molecule has 61 heavy (non-hydrogen) atoms. The van der Waals surface area contributed by atoms with Crippen molar-refractivity contribution < 1.29 is 8.83 Å². The van der Waals surface area contributed by atoms with Crippen LogP contribution >= 0.6 is 0 Å². The van der Waals surface area contributed by atoms with Crippen LogP contribution in [0.3, 0.4) is 0 Å². The van der Waals surface area contributed by atoms with E-state index in [1.807, 2.05) is 24.3 Å². The van der Waals surface area contributed by atoms with Gasteiger partial charge in [-0.1, -0.05) is 164 Å². The monoisotopic (exact) mass is 779 g/mol. The third-order valence-electron chi connectivity index (χ3n) is 12.0. The van der Waals surface area contributed by atoms with E-state index in [1.54, 1.807) is 0 Å². The first kappa shape index (κ1) is 34.9. The maximum absolute atomic E-state index is 6.47. The highest BCUT2D eigenvalue weighted by Gasteiger charge is 2.19. The fourth-order valence-corrected chi connectivity index (χ4v) is 9.05. The van der Waals surface area contributed by atoms with Gasteiger partial charge in [-0.3, -0.25) is 0 Å². The smallest absolute Gasteiger partial charge is 0.143 e. The van der Waals surface area contributed by atoms with Crippen LogP contribution in [0.4, 0.5) is 17.1 Å². The van der Waals surface area contributed by atoms with Crippen LogP contribution in [-0.4, -0.2) is 0 Å². The number of anilines is 3. The molecule has 12 aromatic rings. The topological polar surface area (TPSA) is 29.5 Å². The Morgan fingerprint density at radius 1 is 0.262 bits per heavy atom. The molecule has 0 aliphatic rings. The fraction of sp³-hybridized carbons (Fsp3) is 0. The number of hydrogen-bond acceptors (Lipinski definition) is 3. The lowest BCUT2D eigenvalue weighted by atomic mass is 9.95. The molecule has 286 valence electrons. The first-order chi connectivity index (χ1) is 30.2. The normalized spacial score (nSPS) is 11.6. The molecule has 0 saturated carbocycles. The van der Waals surface area contributed by atoms with Crippen molar-refractivity contribution in [3.05, 3.63) is 224 Å². The van der Waals surface area contributed by atoms with E-state index in [1.165, 1.54) is 16.3 Å². The highest BCUT2D eigenvalue weighted by atomic mass is 16.3. The van der Waals surface area contributed by atoms with Crippen molar-refractivity contribution in [1.29, 1.82) is 0 Å². The van der Waals surface area contributed by atoms with E-state index in [9.17, 15) is 0 Å². The first-order valence-electron chi connectivity index (χ1n) is 20.7. The first-order valence-corrected chi connectivity index (χ1v) is 20.7. The molecule has 3 heteroatoms. The predicted octanol–water partition coefficient (Wildman–Crippen LogP) is 16.8. The van der Waals surface area contributed by atoms with Crippen molar-refractivity contribution in [2.24, 2.45) is 0 Å². The number of fused-ring (bicyclic) bond motifs is 7. The zero-order valence-electron chi connectivity index (χ0n) is 33.1. The van der Waals surface area contributed by atoms with Gasteiger partial charge in [0.2, 0.25) is 0 Å². The largest absolute Gasteiger partial charge is 0.455 e. The average Bonchev–Trinajstić information content (AvgIpc) is 3.91. The minimum atomic E-state index is 0.897. The lowest BCUT2D eigenvalue weighted by Crippen LogP contribution is -2.10. The van der Waals surface area contributed by atoms with Gasteiger partial charge in [0, 0.05) is 49.7 Å². The van der Waals surface area contributed by atoms with E-state index < -0.39 is 0 Å². The van der Waals surface area contributed by atoms with Crippen molar-refractivity contribution >= 4 is 71.7 Å². The molecule has 0 spiro atoms. The van der Waals surface area contributed by atoms with Crippen LogP contribution in [0.2, 0.25) is 0 Å². The summed E-state index contributed by atoms with van der Waals surface area (Å²) in [5.74, 6) is 0. The van der Waals surface area contributed by atoms with Crippen LogP contribution in [0.25, 0.3) is 99.2 Å². The van der Waals surface area contributed by atoms with Gasteiger partial charge in [0.05, 0.1) is 0 Å². The molecule has 0 fully saturated rings. The van der Waals surface area contributed by atoms with Crippen LogP contribution in [-0.2, 0) is 0 Å². The molecule has 0 unspecified atom stereocenters. The highest BCUT2D eigenvalue weighted by molar-refractivity contribution is 6.10. The fourth-order valence-electron chi connectivity index (χ4n) is 9.05. The third kappa shape index (κ3) is 6.06. The molecule has 0 radical (unpaired) electrons. The number of benzene rings is 10. The Kier molecular flexibility index (Phi) is 8.17. The molecule has 2 aromatic heterocycles. The number of hydrogen-bond donors (Lipinski definition) is 0. The summed E-state index contributed by atoms with van der Waals surface area (Å²) in [6.07, 6.45) is 0. The summed E-state index contributed by atoms with van der Waals surface area (Å²) < 4.78 is 12.9. The molecule has 12 rings (SSSR count). The lowest BCUT2D eigenvalue weighted by molar-refractivity contribution is 0.669. The van der Waals surface area contributed by atoms with Crippen LogP contribution < -0.4 is 4.90 Å².